The first-order valence-corrected chi connectivity index (χ1v) is 2.81. The third-order valence-electron chi connectivity index (χ3n) is 0.993. The minimum Gasteiger partial charge on any atom is -0.479 e. The SMILES string of the molecule is NCOc1ccccc1.[Pt]. The Kier molecular flexibility index (Phi) is 5.27. The molecular weight excluding hydrogens is 309 g/mol. The van der Waals surface area contributed by atoms with E-state index in [-0.39, 0.29) is 27.8 Å². The van der Waals surface area contributed by atoms with Crippen LogP contribution in [0, 0.1) is 0 Å². The van der Waals surface area contributed by atoms with Crippen molar-refractivity contribution in [3.8, 4) is 5.75 Å². The van der Waals surface area contributed by atoms with Gasteiger partial charge in [-0.25, -0.2) is 0 Å². The summed E-state index contributed by atoms with van der Waals surface area (Å²) in [6.07, 6.45) is 0. The van der Waals surface area contributed by atoms with Gasteiger partial charge < -0.3 is 4.74 Å². The second kappa shape index (κ2) is 5.45. The molecule has 1 aromatic carbocycles. The molecule has 0 bridgehead atoms. The van der Waals surface area contributed by atoms with E-state index in [1.165, 1.54) is 0 Å². The van der Waals surface area contributed by atoms with Crippen molar-refractivity contribution in [3.63, 3.8) is 0 Å². The number of nitrogens with two attached hydrogens (primary N) is 1. The van der Waals surface area contributed by atoms with Crippen LogP contribution in [0.15, 0.2) is 30.3 Å². The number of rotatable bonds is 2. The van der Waals surface area contributed by atoms with E-state index in [9.17, 15) is 0 Å². The molecule has 1 rings (SSSR count). The summed E-state index contributed by atoms with van der Waals surface area (Å²) in [5.41, 5.74) is 5.14. The fraction of sp³-hybridized carbons (Fsp3) is 0.143. The van der Waals surface area contributed by atoms with Gasteiger partial charge in [-0.1, -0.05) is 18.2 Å². The zero-order valence-electron chi connectivity index (χ0n) is 5.40. The minimum absolute atomic E-state index is 0. The smallest absolute Gasteiger partial charge is 0.137 e. The van der Waals surface area contributed by atoms with Gasteiger partial charge >= 0.3 is 0 Å². The van der Waals surface area contributed by atoms with Crippen LogP contribution < -0.4 is 10.5 Å². The van der Waals surface area contributed by atoms with Crippen molar-refractivity contribution in [3.05, 3.63) is 30.3 Å². The third kappa shape index (κ3) is 3.00. The topological polar surface area (TPSA) is 35.2 Å². The summed E-state index contributed by atoms with van der Waals surface area (Å²) in [5.74, 6) is 0.819. The Morgan fingerprint density at radius 3 is 2.30 bits per heavy atom. The van der Waals surface area contributed by atoms with Crippen molar-refractivity contribution < 1.29 is 25.8 Å². The van der Waals surface area contributed by atoms with Crippen molar-refractivity contribution in [1.29, 1.82) is 0 Å². The van der Waals surface area contributed by atoms with E-state index in [1.54, 1.807) is 0 Å². The largest absolute Gasteiger partial charge is 0.479 e. The van der Waals surface area contributed by atoms with Gasteiger partial charge in [0.05, 0.1) is 0 Å². The molecule has 0 fully saturated rings. The standard InChI is InChI=1S/C7H9NO.Pt/c8-6-9-7-4-2-1-3-5-7;/h1-5H,6,8H2;. The molecule has 0 heterocycles. The van der Waals surface area contributed by atoms with Crippen LogP contribution in [0.2, 0.25) is 0 Å². The van der Waals surface area contributed by atoms with E-state index in [0.717, 1.165) is 5.75 Å². The third-order valence-corrected chi connectivity index (χ3v) is 0.993. The molecule has 58 valence electrons. The molecule has 0 spiro atoms. The van der Waals surface area contributed by atoms with Crippen LogP contribution in [0.3, 0.4) is 0 Å². The van der Waals surface area contributed by atoms with E-state index in [0.29, 0.717) is 0 Å². The maximum atomic E-state index is 5.14. The Bertz CT molecular complexity index is 167. The van der Waals surface area contributed by atoms with E-state index in [2.05, 4.69) is 0 Å². The molecule has 2 N–H and O–H groups in total. The van der Waals surface area contributed by atoms with Crippen molar-refractivity contribution in [2.75, 3.05) is 6.73 Å². The molecule has 0 unspecified atom stereocenters. The van der Waals surface area contributed by atoms with Crippen molar-refractivity contribution in [2.45, 2.75) is 0 Å². The normalized spacial score (nSPS) is 8.10. The average molecular weight is 318 g/mol. The zero-order valence-corrected chi connectivity index (χ0v) is 7.67. The minimum atomic E-state index is 0. The molecule has 0 saturated heterocycles. The van der Waals surface area contributed by atoms with E-state index >= 15 is 0 Å². The van der Waals surface area contributed by atoms with Crippen LogP contribution in [-0.4, -0.2) is 6.73 Å². The maximum Gasteiger partial charge on any atom is 0.137 e. The zero-order chi connectivity index (χ0) is 6.53. The van der Waals surface area contributed by atoms with Gasteiger partial charge in [-0.05, 0) is 12.1 Å². The van der Waals surface area contributed by atoms with E-state index in [1.807, 2.05) is 30.3 Å². The van der Waals surface area contributed by atoms with Crippen molar-refractivity contribution in [1.82, 2.24) is 0 Å². The Morgan fingerprint density at radius 2 is 1.80 bits per heavy atom. The molecule has 0 aliphatic heterocycles. The second-order valence-electron chi connectivity index (χ2n) is 1.62. The van der Waals surface area contributed by atoms with Crippen molar-refractivity contribution in [2.24, 2.45) is 5.73 Å². The fourth-order valence-electron chi connectivity index (χ4n) is 0.613. The van der Waals surface area contributed by atoms with Gasteiger partial charge in [0.2, 0.25) is 0 Å². The van der Waals surface area contributed by atoms with Gasteiger partial charge in [0.1, 0.15) is 12.5 Å². The summed E-state index contributed by atoms with van der Waals surface area (Å²) in [7, 11) is 0. The number of para-hydroxylation sites is 1. The predicted molar refractivity (Wildman–Crippen MR) is 36.1 cm³/mol. The fourth-order valence-corrected chi connectivity index (χ4v) is 0.613. The first-order chi connectivity index (χ1) is 4.43. The van der Waals surface area contributed by atoms with Gasteiger partial charge in [-0.2, -0.15) is 0 Å². The Hall–Kier alpha value is -0.332. The van der Waals surface area contributed by atoms with Crippen LogP contribution in [0.5, 0.6) is 5.75 Å². The quantitative estimate of drug-likeness (QED) is 0.825. The van der Waals surface area contributed by atoms with Crippen LogP contribution in [0.4, 0.5) is 0 Å². The van der Waals surface area contributed by atoms with E-state index in [4.69, 9.17) is 10.5 Å². The van der Waals surface area contributed by atoms with Gasteiger partial charge in [0.15, 0.2) is 0 Å². The van der Waals surface area contributed by atoms with Crippen molar-refractivity contribution >= 4 is 0 Å². The molecule has 0 aliphatic rings. The van der Waals surface area contributed by atoms with Crippen LogP contribution in [0.25, 0.3) is 0 Å². The summed E-state index contributed by atoms with van der Waals surface area (Å²) in [4.78, 5) is 0. The average Bonchev–Trinajstić information content (AvgIpc) is 1.91. The van der Waals surface area contributed by atoms with Crippen LogP contribution >= 0.6 is 0 Å². The summed E-state index contributed by atoms with van der Waals surface area (Å²) < 4.78 is 4.98. The first-order valence-electron chi connectivity index (χ1n) is 2.81. The van der Waals surface area contributed by atoms with Gasteiger partial charge in [0.25, 0.3) is 0 Å². The van der Waals surface area contributed by atoms with Crippen LogP contribution in [-0.2, 0) is 21.1 Å². The molecule has 0 aliphatic carbocycles. The van der Waals surface area contributed by atoms with Gasteiger partial charge in [-0.15, -0.1) is 0 Å². The molecule has 0 atom stereocenters. The van der Waals surface area contributed by atoms with Crippen LogP contribution in [0.1, 0.15) is 0 Å². The molecule has 0 amide bonds. The molecule has 2 nitrogen and oxygen atoms in total. The molecule has 0 aromatic heterocycles. The summed E-state index contributed by atoms with van der Waals surface area (Å²) in [6, 6.07) is 9.49. The Balaban J connectivity index is 0.000000810. The van der Waals surface area contributed by atoms with E-state index < -0.39 is 0 Å². The molecule has 0 saturated carbocycles. The Labute approximate surface area is 74.6 Å². The first kappa shape index (κ1) is 9.67. The summed E-state index contributed by atoms with van der Waals surface area (Å²) in [6.45, 7) is 0.240. The number of hydrogen-bond donors (Lipinski definition) is 1. The molecule has 10 heavy (non-hydrogen) atoms. The van der Waals surface area contributed by atoms with Gasteiger partial charge in [-0.3, -0.25) is 5.73 Å². The number of hydrogen-bond acceptors (Lipinski definition) is 2. The Morgan fingerprint density at radius 1 is 1.20 bits per heavy atom. The predicted octanol–water partition coefficient (Wildman–Crippen LogP) is 0.979. The summed E-state index contributed by atoms with van der Waals surface area (Å²) >= 11 is 0. The molecule has 3 heteroatoms. The number of ether oxygens (including phenoxy) is 1. The molecule has 1 aromatic rings. The molecule has 0 radical (unpaired) electrons. The van der Waals surface area contributed by atoms with Gasteiger partial charge in [0, 0.05) is 21.1 Å². The second-order valence-corrected chi connectivity index (χ2v) is 1.62. The number of benzene rings is 1. The molecular formula is C7H9NOPt. The maximum absolute atomic E-state index is 5.14. The summed E-state index contributed by atoms with van der Waals surface area (Å²) in [5, 5.41) is 0. The monoisotopic (exact) mass is 318 g/mol.